The number of fused-ring (bicyclic) bond motifs is 1. The van der Waals surface area contributed by atoms with Crippen LogP contribution in [0.5, 0.6) is 0 Å². The highest BCUT2D eigenvalue weighted by Gasteiger charge is 2.09. The van der Waals surface area contributed by atoms with Crippen molar-refractivity contribution in [1.29, 1.82) is 0 Å². The molecule has 3 nitrogen and oxygen atoms in total. The van der Waals surface area contributed by atoms with Crippen LogP contribution in [0, 0.1) is 0 Å². The minimum Gasteiger partial charge on any atom is -0.348 e. The monoisotopic (exact) mass is 296 g/mol. The van der Waals surface area contributed by atoms with Crippen LogP contribution in [0.4, 0.5) is 0 Å². The van der Waals surface area contributed by atoms with Gasteiger partial charge in [0, 0.05) is 34.9 Å². The average molecular weight is 297 g/mol. The number of pyridine rings is 1. The molecule has 1 heterocycles. The summed E-state index contributed by atoms with van der Waals surface area (Å²) in [5.41, 5.74) is 1.64. The summed E-state index contributed by atoms with van der Waals surface area (Å²) in [6.45, 7) is 0.465. The summed E-state index contributed by atoms with van der Waals surface area (Å²) in [5.74, 6) is -0.108. The minimum atomic E-state index is -0.108. The highest BCUT2D eigenvalue weighted by Crippen LogP contribution is 2.17. The van der Waals surface area contributed by atoms with E-state index in [1.54, 1.807) is 18.5 Å². The molecule has 0 bridgehead atoms. The van der Waals surface area contributed by atoms with Gasteiger partial charge in [-0.2, -0.15) is 0 Å². The summed E-state index contributed by atoms with van der Waals surface area (Å²) >= 11 is 5.84. The molecule has 0 saturated carbocycles. The second kappa shape index (κ2) is 5.94. The van der Waals surface area contributed by atoms with Crippen molar-refractivity contribution in [3.05, 3.63) is 77.1 Å². The van der Waals surface area contributed by atoms with E-state index in [0.29, 0.717) is 17.1 Å². The number of carbonyl (C=O) groups is 1. The Hall–Kier alpha value is -2.39. The molecule has 0 aliphatic carbocycles. The number of halogens is 1. The molecule has 0 saturated heterocycles. The van der Waals surface area contributed by atoms with Crippen LogP contribution in [0.25, 0.3) is 10.8 Å². The van der Waals surface area contributed by atoms with Crippen LogP contribution >= 0.6 is 11.6 Å². The average Bonchev–Trinajstić information content (AvgIpc) is 2.53. The Morgan fingerprint density at radius 1 is 1.10 bits per heavy atom. The van der Waals surface area contributed by atoms with Gasteiger partial charge in [-0.25, -0.2) is 0 Å². The first-order valence-electron chi connectivity index (χ1n) is 6.59. The molecular weight excluding hydrogens is 284 g/mol. The third-order valence-corrected chi connectivity index (χ3v) is 3.55. The number of nitrogens with one attached hydrogen (secondary N) is 1. The molecule has 0 unspecified atom stereocenters. The van der Waals surface area contributed by atoms with Crippen molar-refractivity contribution in [2.45, 2.75) is 6.54 Å². The molecular formula is C17H13ClN2O. The van der Waals surface area contributed by atoms with E-state index < -0.39 is 0 Å². The Bertz CT molecular complexity index is 779. The Kier molecular flexibility index (Phi) is 3.84. The normalized spacial score (nSPS) is 10.5. The lowest BCUT2D eigenvalue weighted by molar-refractivity contribution is 0.0952. The zero-order chi connectivity index (χ0) is 14.7. The quantitative estimate of drug-likeness (QED) is 0.798. The van der Waals surface area contributed by atoms with Gasteiger partial charge >= 0.3 is 0 Å². The summed E-state index contributed by atoms with van der Waals surface area (Å²) in [5, 5.41) is 5.46. The Morgan fingerprint density at radius 2 is 1.90 bits per heavy atom. The van der Waals surface area contributed by atoms with E-state index in [1.807, 2.05) is 42.5 Å². The van der Waals surface area contributed by atoms with E-state index in [4.69, 9.17) is 11.6 Å². The number of amides is 1. The molecule has 1 amide bonds. The van der Waals surface area contributed by atoms with Crippen LogP contribution in [-0.4, -0.2) is 10.9 Å². The van der Waals surface area contributed by atoms with Gasteiger partial charge in [0.05, 0.1) is 0 Å². The Labute approximate surface area is 127 Å². The third kappa shape index (κ3) is 3.03. The maximum absolute atomic E-state index is 12.3. The number of benzene rings is 2. The first-order chi connectivity index (χ1) is 10.2. The highest BCUT2D eigenvalue weighted by atomic mass is 35.5. The van der Waals surface area contributed by atoms with Crippen molar-refractivity contribution in [3.8, 4) is 0 Å². The Balaban J connectivity index is 1.79. The van der Waals surface area contributed by atoms with Crippen molar-refractivity contribution >= 4 is 28.3 Å². The summed E-state index contributed by atoms with van der Waals surface area (Å²) in [4.78, 5) is 16.4. The molecule has 0 spiro atoms. The zero-order valence-corrected chi connectivity index (χ0v) is 12.0. The van der Waals surface area contributed by atoms with Gasteiger partial charge in [-0.1, -0.05) is 35.9 Å². The van der Waals surface area contributed by atoms with Gasteiger partial charge in [-0.05, 0) is 35.2 Å². The lowest BCUT2D eigenvalue weighted by Crippen LogP contribution is -2.23. The Morgan fingerprint density at radius 3 is 2.71 bits per heavy atom. The second-order valence-electron chi connectivity index (χ2n) is 4.71. The molecule has 0 aliphatic heterocycles. The van der Waals surface area contributed by atoms with E-state index in [9.17, 15) is 4.79 Å². The van der Waals surface area contributed by atoms with Crippen molar-refractivity contribution in [1.82, 2.24) is 10.3 Å². The van der Waals surface area contributed by atoms with Crippen LogP contribution in [0.2, 0.25) is 5.02 Å². The predicted molar refractivity (Wildman–Crippen MR) is 84.4 cm³/mol. The van der Waals surface area contributed by atoms with Gasteiger partial charge in [0.15, 0.2) is 0 Å². The van der Waals surface area contributed by atoms with Crippen molar-refractivity contribution in [3.63, 3.8) is 0 Å². The highest BCUT2D eigenvalue weighted by molar-refractivity contribution is 6.30. The maximum Gasteiger partial charge on any atom is 0.252 e. The van der Waals surface area contributed by atoms with Crippen LogP contribution in [0.3, 0.4) is 0 Å². The largest absolute Gasteiger partial charge is 0.348 e. The van der Waals surface area contributed by atoms with Gasteiger partial charge in [0.25, 0.3) is 5.91 Å². The number of aromatic nitrogens is 1. The standard InChI is InChI=1S/C17H13ClN2O/c18-14-6-4-12(5-7-14)10-20-17(21)15-3-1-2-13-8-9-19-11-16(13)15/h1-9,11H,10H2,(H,20,21). The molecule has 0 fully saturated rings. The number of carbonyl (C=O) groups excluding carboxylic acids is 1. The molecule has 4 heteroatoms. The SMILES string of the molecule is O=C(NCc1ccc(Cl)cc1)c1cccc2ccncc12. The fraction of sp³-hybridized carbons (Fsp3) is 0.0588. The number of rotatable bonds is 3. The molecule has 2 aromatic carbocycles. The van der Waals surface area contributed by atoms with Gasteiger partial charge in [0.2, 0.25) is 0 Å². The molecule has 21 heavy (non-hydrogen) atoms. The van der Waals surface area contributed by atoms with Crippen molar-refractivity contribution < 1.29 is 4.79 Å². The van der Waals surface area contributed by atoms with E-state index in [2.05, 4.69) is 10.3 Å². The van der Waals surface area contributed by atoms with Crippen LogP contribution in [0.15, 0.2) is 60.9 Å². The fourth-order valence-corrected chi connectivity index (χ4v) is 2.32. The minimum absolute atomic E-state index is 0.108. The first-order valence-corrected chi connectivity index (χ1v) is 6.97. The molecule has 104 valence electrons. The number of hydrogen-bond acceptors (Lipinski definition) is 2. The number of nitrogens with zero attached hydrogens (tertiary/aromatic N) is 1. The van der Waals surface area contributed by atoms with Crippen molar-refractivity contribution in [2.75, 3.05) is 0 Å². The topological polar surface area (TPSA) is 42.0 Å². The summed E-state index contributed by atoms with van der Waals surface area (Å²) in [7, 11) is 0. The molecule has 1 N–H and O–H groups in total. The van der Waals surface area contributed by atoms with E-state index in [0.717, 1.165) is 16.3 Å². The molecule has 3 aromatic rings. The molecule has 3 rings (SSSR count). The van der Waals surface area contributed by atoms with E-state index in [-0.39, 0.29) is 5.91 Å². The van der Waals surface area contributed by atoms with E-state index in [1.165, 1.54) is 0 Å². The summed E-state index contributed by atoms with van der Waals surface area (Å²) < 4.78 is 0. The number of hydrogen-bond donors (Lipinski definition) is 1. The van der Waals surface area contributed by atoms with E-state index >= 15 is 0 Å². The second-order valence-corrected chi connectivity index (χ2v) is 5.15. The van der Waals surface area contributed by atoms with Crippen LogP contribution in [-0.2, 0) is 6.54 Å². The van der Waals surface area contributed by atoms with Gasteiger partial charge in [-0.15, -0.1) is 0 Å². The maximum atomic E-state index is 12.3. The lowest BCUT2D eigenvalue weighted by atomic mass is 10.1. The van der Waals surface area contributed by atoms with Gasteiger partial charge in [0.1, 0.15) is 0 Å². The summed E-state index contributed by atoms with van der Waals surface area (Å²) in [6, 6.07) is 15.0. The fourth-order valence-electron chi connectivity index (χ4n) is 2.19. The lowest BCUT2D eigenvalue weighted by Gasteiger charge is -2.08. The molecule has 0 aliphatic rings. The third-order valence-electron chi connectivity index (χ3n) is 3.29. The summed E-state index contributed by atoms with van der Waals surface area (Å²) in [6.07, 6.45) is 3.43. The zero-order valence-electron chi connectivity index (χ0n) is 11.2. The predicted octanol–water partition coefficient (Wildman–Crippen LogP) is 3.82. The molecule has 0 radical (unpaired) electrons. The molecule has 0 atom stereocenters. The van der Waals surface area contributed by atoms with Crippen LogP contribution < -0.4 is 5.32 Å². The van der Waals surface area contributed by atoms with Gasteiger partial charge < -0.3 is 5.32 Å². The first kappa shape index (κ1) is 13.6. The molecule has 1 aromatic heterocycles. The van der Waals surface area contributed by atoms with Crippen molar-refractivity contribution in [2.24, 2.45) is 0 Å². The smallest absolute Gasteiger partial charge is 0.252 e. The van der Waals surface area contributed by atoms with Gasteiger partial charge in [-0.3, -0.25) is 9.78 Å². The van der Waals surface area contributed by atoms with Crippen LogP contribution in [0.1, 0.15) is 15.9 Å².